The van der Waals surface area contributed by atoms with E-state index in [4.69, 9.17) is 4.74 Å². The molecular weight excluding hydrogens is 368 g/mol. The number of aliphatic hydroxyl groups is 1. The zero-order valence-corrected chi connectivity index (χ0v) is 16.4. The Morgan fingerprint density at radius 3 is 2.52 bits per heavy atom. The predicted octanol–water partition coefficient (Wildman–Crippen LogP) is 2.81. The highest BCUT2D eigenvalue weighted by Crippen LogP contribution is 2.44. The van der Waals surface area contributed by atoms with Crippen molar-refractivity contribution in [2.45, 2.75) is 38.4 Å². The second-order valence-electron chi connectivity index (χ2n) is 7.96. The number of hydrogen-bond donors (Lipinski definition) is 3. The number of aromatic amines is 2. The molecule has 3 aromatic rings. The van der Waals surface area contributed by atoms with Crippen LogP contribution >= 0.6 is 0 Å². The number of rotatable bonds is 4. The van der Waals surface area contributed by atoms with E-state index in [1.165, 1.54) is 0 Å². The molecule has 6 nitrogen and oxygen atoms in total. The Kier molecular flexibility index (Phi) is 4.88. The van der Waals surface area contributed by atoms with Crippen LogP contribution in [0.3, 0.4) is 0 Å². The summed E-state index contributed by atoms with van der Waals surface area (Å²) in [6.45, 7) is 3.71. The average molecular weight is 392 g/mol. The lowest BCUT2D eigenvalue weighted by atomic mass is 9.66. The number of ether oxygens (including phenoxy) is 1. The molecule has 3 atom stereocenters. The van der Waals surface area contributed by atoms with Gasteiger partial charge in [0.2, 0.25) is 0 Å². The van der Waals surface area contributed by atoms with E-state index in [0.717, 1.165) is 16.7 Å². The third kappa shape index (κ3) is 3.63. The summed E-state index contributed by atoms with van der Waals surface area (Å²) in [5.41, 5.74) is 2.19. The van der Waals surface area contributed by atoms with Crippen LogP contribution in [0, 0.1) is 12.8 Å². The van der Waals surface area contributed by atoms with Crippen molar-refractivity contribution in [2.75, 3.05) is 0 Å². The molecule has 4 rings (SSSR count). The van der Waals surface area contributed by atoms with Crippen molar-refractivity contribution in [1.29, 1.82) is 0 Å². The number of hydrogen-bond acceptors (Lipinski definition) is 4. The van der Waals surface area contributed by atoms with Crippen molar-refractivity contribution in [3.8, 4) is 0 Å². The first-order chi connectivity index (χ1) is 13.9. The normalized spacial score (nSPS) is 23.4. The summed E-state index contributed by atoms with van der Waals surface area (Å²) in [7, 11) is 0. The maximum Gasteiger partial charge on any atom is 0.313 e. The minimum Gasteiger partial charge on any atom is -0.460 e. The van der Waals surface area contributed by atoms with Gasteiger partial charge in [-0.25, -0.2) is 0 Å². The van der Waals surface area contributed by atoms with Gasteiger partial charge in [0.1, 0.15) is 6.61 Å². The minimum absolute atomic E-state index is 0.114. The van der Waals surface area contributed by atoms with Gasteiger partial charge in [-0.05, 0) is 25.0 Å². The third-order valence-electron chi connectivity index (χ3n) is 5.66. The lowest BCUT2D eigenvalue weighted by molar-refractivity contribution is -0.161. The molecule has 1 aliphatic carbocycles. The molecule has 2 aromatic carbocycles. The Morgan fingerprint density at radius 1 is 1.14 bits per heavy atom. The molecule has 0 unspecified atom stereocenters. The van der Waals surface area contributed by atoms with E-state index >= 15 is 0 Å². The van der Waals surface area contributed by atoms with E-state index < -0.39 is 23.4 Å². The third-order valence-corrected chi connectivity index (χ3v) is 5.66. The van der Waals surface area contributed by atoms with E-state index in [0.29, 0.717) is 11.3 Å². The van der Waals surface area contributed by atoms with E-state index in [2.05, 4.69) is 10.2 Å². The van der Waals surface area contributed by atoms with Gasteiger partial charge < -0.3 is 14.9 Å². The summed E-state index contributed by atoms with van der Waals surface area (Å²) in [6, 6.07) is 17.1. The quantitative estimate of drug-likeness (QED) is 0.595. The monoisotopic (exact) mass is 392 g/mol. The fourth-order valence-corrected chi connectivity index (χ4v) is 4.21. The molecule has 0 fully saturated rings. The maximum atomic E-state index is 13.2. The van der Waals surface area contributed by atoms with E-state index in [-0.39, 0.29) is 18.6 Å². The summed E-state index contributed by atoms with van der Waals surface area (Å²) >= 11 is 0. The van der Waals surface area contributed by atoms with Crippen LogP contribution in [0.4, 0.5) is 0 Å². The van der Waals surface area contributed by atoms with Crippen molar-refractivity contribution < 1.29 is 14.6 Å². The van der Waals surface area contributed by atoms with Gasteiger partial charge in [-0.3, -0.25) is 14.7 Å². The molecule has 0 radical (unpaired) electrons. The Bertz CT molecular complexity index is 1060. The first kappa shape index (κ1) is 19.2. The summed E-state index contributed by atoms with van der Waals surface area (Å²) in [4.78, 5) is 25.7. The fraction of sp³-hybridized carbons (Fsp3) is 0.304. The highest BCUT2D eigenvalue weighted by molar-refractivity contribution is 5.77. The van der Waals surface area contributed by atoms with Crippen molar-refractivity contribution in [2.24, 2.45) is 5.92 Å². The van der Waals surface area contributed by atoms with Crippen LogP contribution in [0.5, 0.6) is 0 Å². The van der Waals surface area contributed by atoms with Crippen LogP contribution in [0.1, 0.15) is 40.8 Å². The largest absolute Gasteiger partial charge is 0.460 e. The average Bonchev–Trinajstić information content (AvgIpc) is 3.05. The van der Waals surface area contributed by atoms with Crippen LogP contribution < -0.4 is 5.56 Å². The van der Waals surface area contributed by atoms with Gasteiger partial charge in [-0.15, -0.1) is 0 Å². The van der Waals surface area contributed by atoms with Crippen LogP contribution in [0.15, 0.2) is 59.4 Å². The van der Waals surface area contributed by atoms with Gasteiger partial charge in [0.25, 0.3) is 5.56 Å². The molecule has 0 spiro atoms. The summed E-state index contributed by atoms with van der Waals surface area (Å²) in [6.07, 6.45) is 0.161. The zero-order valence-electron chi connectivity index (χ0n) is 16.4. The topological polar surface area (TPSA) is 95.2 Å². The van der Waals surface area contributed by atoms with E-state index in [1.54, 1.807) is 6.92 Å². The van der Waals surface area contributed by atoms with Crippen molar-refractivity contribution in [3.63, 3.8) is 0 Å². The summed E-state index contributed by atoms with van der Waals surface area (Å²) in [5.74, 6) is -2.03. The molecule has 0 saturated carbocycles. The highest BCUT2D eigenvalue weighted by atomic mass is 16.5. The van der Waals surface area contributed by atoms with Gasteiger partial charge >= 0.3 is 5.97 Å². The molecule has 0 bridgehead atoms. The van der Waals surface area contributed by atoms with Crippen molar-refractivity contribution in [3.05, 3.63) is 92.9 Å². The molecular formula is C23H24N2O4. The lowest BCUT2D eigenvalue weighted by Gasteiger charge is -2.40. The summed E-state index contributed by atoms with van der Waals surface area (Å²) in [5, 5.41) is 16.7. The first-order valence-corrected chi connectivity index (χ1v) is 9.66. The molecule has 29 heavy (non-hydrogen) atoms. The molecule has 1 aliphatic rings. The number of carbonyl (C=O) groups excluding carboxylic acids is 1. The molecule has 3 N–H and O–H groups in total. The van der Waals surface area contributed by atoms with Crippen LogP contribution in [-0.4, -0.2) is 26.9 Å². The Morgan fingerprint density at radius 2 is 1.83 bits per heavy atom. The number of aromatic nitrogens is 2. The molecule has 1 heterocycles. The molecule has 0 aliphatic heterocycles. The second-order valence-corrected chi connectivity index (χ2v) is 7.96. The number of carbonyl (C=O) groups is 1. The summed E-state index contributed by atoms with van der Waals surface area (Å²) < 4.78 is 5.59. The number of benzene rings is 2. The molecule has 1 aromatic heterocycles. The fourth-order valence-electron chi connectivity index (χ4n) is 4.21. The van der Waals surface area contributed by atoms with E-state index in [9.17, 15) is 14.7 Å². The second kappa shape index (κ2) is 7.37. The van der Waals surface area contributed by atoms with Crippen LogP contribution in [0.2, 0.25) is 0 Å². The van der Waals surface area contributed by atoms with Gasteiger partial charge in [-0.2, -0.15) is 0 Å². The van der Waals surface area contributed by atoms with Gasteiger partial charge in [-0.1, -0.05) is 60.2 Å². The van der Waals surface area contributed by atoms with Gasteiger partial charge in [0.05, 0.1) is 11.5 Å². The molecule has 150 valence electrons. The highest BCUT2D eigenvalue weighted by Gasteiger charge is 2.51. The smallest absolute Gasteiger partial charge is 0.313 e. The molecule has 0 saturated heterocycles. The Labute approximate surface area is 168 Å². The number of aryl methyl sites for hydroxylation is 1. The minimum atomic E-state index is -1.37. The van der Waals surface area contributed by atoms with Crippen molar-refractivity contribution >= 4 is 5.97 Å². The standard InChI is InChI=1S/C23H24N2O4/c1-14-8-10-16(11-9-14)18-19-17(24-25-21(19)26)12-23(2,28)20(18)22(27)29-13-15-6-4-3-5-7-15/h3-11,18,20,28H,12-13H2,1-2H3,(H2,24,25,26)/t18-,20+,23+/m1/s1. The number of fused-ring (bicyclic) bond motifs is 1. The SMILES string of the molecule is Cc1ccc([C@@H]2c3c([nH][nH]c3=O)C[C@](C)(O)[C@@H]2C(=O)OCc2ccccc2)cc1. The number of nitrogens with one attached hydrogen (secondary N) is 2. The van der Waals surface area contributed by atoms with Crippen molar-refractivity contribution in [1.82, 2.24) is 10.2 Å². The lowest BCUT2D eigenvalue weighted by Crippen LogP contribution is -2.50. The molecule has 6 heteroatoms. The van der Waals surface area contributed by atoms with Crippen LogP contribution in [0.25, 0.3) is 0 Å². The van der Waals surface area contributed by atoms with Gasteiger partial charge in [0.15, 0.2) is 0 Å². The van der Waals surface area contributed by atoms with Gasteiger partial charge in [0, 0.05) is 23.6 Å². The maximum absolute atomic E-state index is 13.2. The van der Waals surface area contributed by atoms with Crippen LogP contribution in [-0.2, 0) is 22.6 Å². The Balaban J connectivity index is 1.74. The Hall–Kier alpha value is -3.12. The number of esters is 1. The number of H-pyrrole nitrogens is 2. The molecule has 0 amide bonds. The zero-order chi connectivity index (χ0) is 20.6. The van der Waals surface area contributed by atoms with E-state index in [1.807, 2.05) is 61.5 Å². The first-order valence-electron chi connectivity index (χ1n) is 9.66. The predicted molar refractivity (Wildman–Crippen MR) is 108 cm³/mol.